The fourth-order valence-corrected chi connectivity index (χ4v) is 4.78. The Morgan fingerprint density at radius 2 is 1.85 bits per heavy atom. The Morgan fingerprint density at radius 1 is 1.03 bits per heavy atom. The molecule has 1 atom stereocenters. The Hall–Kier alpha value is -3.53. The van der Waals surface area contributed by atoms with Crippen LogP contribution in [0.3, 0.4) is 0 Å². The first kappa shape index (κ1) is 20.1. The number of rotatable bonds is 8. The molecule has 0 spiro atoms. The highest BCUT2D eigenvalue weighted by molar-refractivity contribution is 7.99. The van der Waals surface area contributed by atoms with E-state index in [1.165, 1.54) is 16.8 Å². The molecule has 10 heteroatoms. The van der Waals surface area contributed by atoms with Gasteiger partial charge in [0.15, 0.2) is 5.16 Å². The van der Waals surface area contributed by atoms with Gasteiger partial charge in [-0.15, -0.1) is 10.2 Å². The molecule has 33 heavy (non-hydrogen) atoms. The van der Waals surface area contributed by atoms with Crippen LogP contribution in [-0.4, -0.2) is 37.1 Å². The van der Waals surface area contributed by atoms with Crippen LogP contribution in [0, 0.1) is 0 Å². The maximum absolute atomic E-state index is 13.3. The van der Waals surface area contributed by atoms with E-state index in [9.17, 15) is 4.79 Å². The average molecular weight is 464 g/mol. The molecular formula is C23H21N5O4S. The Bertz CT molecular complexity index is 1260. The van der Waals surface area contributed by atoms with Crippen molar-refractivity contribution in [2.24, 2.45) is 5.10 Å². The van der Waals surface area contributed by atoms with E-state index >= 15 is 0 Å². The second-order valence-electron chi connectivity index (χ2n) is 8.07. The highest BCUT2D eigenvalue weighted by Gasteiger charge is 2.36. The number of nitrogens with zero attached hydrogens (tertiary/aromatic N) is 5. The van der Waals surface area contributed by atoms with Crippen LogP contribution in [0.2, 0.25) is 0 Å². The number of hydrogen-bond acceptors (Lipinski definition) is 8. The minimum absolute atomic E-state index is 0.136. The first-order chi connectivity index (χ1) is 16.3. The van der Waals surface area contributed by atoms with Crippen molar-refractivity contribution in [3.05, 3.63) is 78.3 Å². The van der Waals surface area contributed by atoms with Gasteiger partial charge in [-0.1, -0.05) is 11.8 Å². The number of hydrazone groups is 1. The standard InChI is InChI=1S/C23H21N5O4S/c29-21(28-18(20-6-3-11-32-20)12-17(26-28)19-5-2-10-31-19)14-33-23-25-24-22(15-7-8-15)27(23)13-16-4-1-9-30-16/h1-6,9-11,15,18H,7-8,12-14H2. The number of carbonyl (C=O) groups is 1. The lowest BCUT2D eigenvalue weighted by molar-refractivity contribution is -0.130. The summed E-state index contributed by atoms with van der Waals surface area (Å²) in [5.74, 6) is 3.59. The molecule has 168 valence electrons. The van der Waals surface area contributed by atoms with Gasteiger partial charge in [0, 0.05) is 12.3 Å². The Kier molecular flexibility index (Phi) is 5.14. The summed E-state index contributed by atoms with van der Waals surface area (Å²) in [4.78, 5) is 13.3. The highest BCUT2D eigenvalue weighted by atomic mass is 32.2. The second-order valence-corrected chi connectivity index (χ2v) is 9.01. The van der Waals surface area contributed by atoms with Crippen LogP contribution in [0.5, 0.6) is 0 Å². The molecule has 1 fully saturated rings. The summed E-state index contributed by atoms with van der Waals surface area (Å²) < 4.78 is 18.7. The van der Waals surface area contributed by atoms with Gasteiger partial charge in [0.05, 0.1) is 31.1 Å². The molecule has 4 aromatic heterocycles. The molecule has 0 N–H and O–H groups in total. The van der Waals surface area contributed by atoms with E-state index in [2.05, 4.69) is 19.9 Å². The van der Waals surface area contributed by atoms with E-state index in [0.29, 0.717) is 35.6 Å². The number of aromatic nitrogens is 3. The van der Waals surface area contributed by atoms with Gasteiger partial charge < -0.3 is 13.3 Å². The van der Waals surface area contributed by atoms with Gasteiger partial charge in [0.1, 0.15) is 34.9 Å². The summed E-state index contributed by atoms with van der Waals surface area (Å²) >= 11 is 1.36. The molecule has 1 unspecified atom stereocenters. The van der Waals surface area contributed by atoms with Crippen LogP contribution in [0.1, 0.15) is 54.3 Å². The number of furan rings is 3. The van der Waals surface area contributed by atoms with Crippen LogP contribution in [0.25, 0.3) is 0 Å². The maximum Gasteiger partial charge on any atom is 0.253 e. The maximum atomic E-state index is 13.3. The normalized spacial score (nSPS) is 18.1. The van der Waals surface area contributed by atoms with Crippen LogP contribution in [0.4, 0.5) is 0 Å². The molecule has 0 radical (unpaired) electrons. The molecule has 1 saturated carbocycles. The van der Waals surface area contributed by atoms with E-state index in [4.69, 9.17) is 13.3 Å². The van der Waals surface area contributed by atoms with Crippen molar-refractivity contribution >= 4 is 23.4 Å². The van der Waals surface area contributed by atoms with E-state index in [-0.39, 0.29) is 17.7 Å². The molecule has 0 aromatic carbocycles. The highest BCUT2D eigenvalue weighted by Crippen LogP contribution is 2.40. The Labute approximate surface area is 193 Å². The van der Waals surface area contributed by atoms with Crippen molar-refractivity contribution in [1.82, 2.24) is 19.8 Å². The number of thioether (sulfide) groups is 1. The predicted molar refractivity (Wildman–Crippen MR) is 119 cm³/mol. The molecule has 0 saturated heterocycles. The van der Waals surface area contributed by atoms with Gasteiger partial charge in [0.25, 0.3) is 5.91 Å². The van der Waals surface area contributed by atoms with Crippen LogP contribution >= 0.6 is 11.8 Å². The van der Waals surface area contributed by atoms with Crippen molar-refractivity contribution in [2.75, 3.05) is 5.75 Å². The molecule has 6 rings (SSSR count). The molecule has 0 bridgehead atoms. The smallest absolute Gasteiger partial charge is 0.253 e. The lowest BCUT2D eigenvalue weighted by atomic mass is 10.1. The first-order valence-electron chi connectivity index (χ1n) is 10.8. The topological polar surface area (TPSA) is 103 Å². The third kappa shape index (κ3) is 4.02. The quantitative estimate of drug-likeness (QED) is 0.356. The van der Waals surface area contributed by atoms with E-state index in [0.717, 1.165) is 30.1 Å². The fourth-order valence-electron chi connectivity index (χ4n) is 3.98. The fraction of sp³-hybridized carbons (Fsp3) is 0.304. The van der Waals surface area contributed by atoms with Crippen molar-refractivity contribution in [3.63, 3.8) is 0 Å². The molecule has 1 amide bonds. The van der Waals surface area contributed by atoms with Crippen LogP contribution in [0.15, 0.2) is 78.7 Å². The van der Waals surface area contributed by atoms with E-state index in [1.807, 2.05) is 36.4 Å². The number of amides is 1. The Balaban J connectivity index is 1.22. The molecular weight excluding hydrogens is 442 g/mol. The lowest BCUT2D eigenvalue weighted by Crippen LogP contribution is -2.28. The molecule has 1 aliphatic heterocycles. The second kappa shape index (κ2) is 8.43. The molecule has 5 heterocycles. The van der Waals surface area contributed by atoms with Gasteiger partial charge in [-0.3, -0.25) is 9.36 Å². The van der Waals surface area contributed by atoms with E-state index < -0.39 is 0 Å². The zero-order valence-corrected chi connectivity index (χ0v) is 18.5. The van der Waals surface area contributed by atoms with Gasteiger partial charge in [-0.25, -0.2) is 5.01 Å². The van der Waals surface area contributed by atoms with Crippen molar-refractivity contribution in [1.29, 1.82) is 0 Å². The largest absolute Gasteiger partial charge is 0.467 e. The SMILES string of the molecule is O=C(CSc1nnc(C2CC2)n1Cc1ccco1)N1N=C(c2ccco2)CC1c1ccco1. The first-order valence-corrected chi connectivity index (χ1v) is 11.8. The van der Waals surface area contributed by atoms with Crippen LogP contribution < -0.4 is 0 Å². The zero-order valence-electron chi connectivity index (χ0n) is 17.7. The number of hydrogen-bond donors (Lipinski definition) is 0. The number of carbonyl (C=O) groups excluding carboxylic acids is 1. The zero-order chi connectivity index (χ0) is 22.2. The molecule has 9 nitrogen and oxygen atoms in total. The predicted octanol–water partition coefficient (Wildman–Crippen LogP) is 4.45. The summed E-state index contributed by atoms with van der Waals surface area (Å²) in [6.45, 7) is 0.544. The summed E-state index contributed by atoms with van der Waals surface area (Å²) in [7, 11) is 0. The third-order valence-electron chi connectivity index (χ3n) is 5.75. The van der Waals surface area contributed by atoms with Gasteiger partial charge in [0.2, 0.25) is 0 Å². The van der Waals surface area contributed by atoms with Gasteiger partial charge in [-0.2, -0.15) is 5.10 Å². The van der Waals surface area contributed by atoms with Crippen molar-refractivity contribution < 1.29 is 18.0 Å². The van der Waals surface area contributed by atoms with Gasteiger partial charge in [-0.05, 0) is 49.2 Å². The molecule has 1 aliphatic carbocycles. The summed E-state index contributed by atoms with van der Waals surface area (Å²) in [6, 6.07) is 10.8. The molecule has 4 aromatic rings. The van der Waals surface area contributed by atoms with E-state index in [1.54, 1.807) is 18.8 Å². The minimum Gasteiger partial charge on any atom is -0.467 e. The van der Waals surface area contributed by atoms with Crippen molar-refractivity contribution in [2.45, 2.75) is 42.9 Å². The van der Waals surface area contributed by atoms with Crippen molar-refractivity contribution in [3.8, 4) is 0 Å². The average Bonchev–Trinajstić information content (AvgIpc) is 3.45. The summed E-state index contributed by atoms with van der Waals surface area (Å²) in [6.07, 6.45) is 7.62. The monoisotopic (exact) mass is 463 g/mol. The Morgan fingerprint density at radius 3 is 2.58 bits per heavy atom. The van der Waals surface area contributed by atoms with Gasteiger partial charge >= 0.3 is 0 Å². The van der Waals surface area contributed by atoms with Crippen LogP contribution in [-0.2, 0) is 11.3 Å². The molecule has 2 aliphatic rings. The minimum atomic E-state index is -0.309. The third-order valence-corrected chi connectivity index (χ3v) is 6.70. The summed E-state index contributed by atoms with van der Waals surface area (Å²) in [5.41, 5.74) is 0.719. The lowest BCUT2D eigenvalue weighted by Gasteiger charge is -2.19. The summed E-state index contributed by atoms with van der Waals surface area (Å²) in [5, 5.41) is 15.6.